The Balaban J connectivity index is 2.11. The van der Waals surface area contributed by atoms with E-state index in [1.807, 2.05) is 0 Å². The van der Waals surface area contributed by atoms with E-state index in [-0.39, 0.29) is 10.8 Å². The molecule has 0 bridgehead atoms. The normalized spacial score (nSPS) is 10.8. The Morgan fingerprint density at radius 1 is 0.952 bits per heavy atom. The average molecular weight is 313 g/mol. The van der Waals surface area contributed by atoms with Crippen LogP contribution in [0.3, 0.4) is 0 Å². The van der Waals surface area contributed by atoms with Crippen LogP contribution in [0.15, 0.2) is 18.2 Å². The Morgan fingerprint density at radius 2 is 1.52 bits per heavy atom. The molecule has 1 rings (SSSR count). The van der Waals surface area contributed by atoms with E-state index in [2.05, 4.69) is 6.92 Å². The molecule has 21 heavy (non-hydrogen) atoms. The van der Waals surface area contributed by atoms with Crippen LogP contribution in [0.2, 0.25) is 5.02 Å². The Labute approximate surface area is 132 Å². The number of rotatable bonds is 11. The number of halogens is 2. The van der Waals surface area contributed by atoms with Crippen molar-refractivity contribution >= 4 is 17.4 Å². The fourth-order valence-electron chi connectivity index (χ4n) is 2.46. The van der Waals surface area contributed by atoms with Crippen molar-refractivity contribution in [3.05, 3.63) is 34.6 Å². The molecule has 0 fully saturated rings. The fraction of sp³-hybridized carbons (Fsp3) is 0.611. The molecule has 0 aliphatic rings. The van der Waals surface area contributed by atoms with E-state index in [1.165, 1.54) is 57.1 Å². The molecule has 3 heteroatoms. The molecule has 0 saturated heterocycles. The van der Waals surface area contributed by atoms with Crippen molar-refractivity contribution in [1.29, 1.82) is 0 Å². The minimum atomic E-state index is -0.446. The van der Waals surface area contributed by atoms with E-state index in [0.29, 0.717) is 12.0 Å². The maximum atomic E-state index is 13.2. The molecule has 0 unspecified atom stereocenters. The summed E-state index contributed by atoms with van der Waals surface area (Å²) in [7, 11) is 0. The molecule has 0 amide bonds. The van der Waals surface area contributed by atoms with Gasteiger partial charge in [0.15, 0.2) is 5.78 Å². The number of unbranched alkanes of at least 4 members (excludes halogenated alkanes) is 8. The molecule has 0 aliphatic carbocycles. The number of carbonyl (C=O) groups excluding carboxylic acids is 1. The average Bonchev–Trinajstić information content (AvgIpc) is 2.44. The molecule has 0 saturated carbocycles. The van der Waals surface area contributed by atoms with Crippen LogP contribution in [0.5, 0.6) is 0 Å². The van der Waals surface area contributed by atoms with E-state index in [4.69, 9.17) is 11.6 Å². The van der Waals surface area contributed by atoms with Crippen LogP contribution in [0.1, 0.15) is 81.5 Å². The van der Waals surface area contributed by atoms with Gasteiger partial charge in [-0.3, -0.25) is 4.79 Å². The monoisotopic (exact) mass is 312 g/mol. The third-order valence-corrected chi connectivity index (χ3v) is 3.91. The van der Waals surface area contributed by atoms with Crippen molar-refractivity contribution in [3.8, 4) is 0 Å². The zero-order chi connectivity index (χ0) is 15.5. The summed E-state index contributed by atoms with van der Waals surface area (Å²) >= 11 is 5.76. The molecule has 0 N–H and O–H groups in total. The van der Waals surface area contributed by atoms with Crippen LogP contribution in [0, 0.1) is 5.82 Å². The van der Waals surface area contributed by atoms with Crippen molar-refractivity contribution < 1.29 is 9.18 Å². The van der Waals surface area contributed by atoms with Gasteiger partial charge in [-0.15, -0.1) is 0 Å². The fourth-order valence-corrected chi connectivity index (χ4v) is 2.68. The molecule has 118 valence electrons. The molecule has 0 atom stereocenters. The first-order valence-electron chi connectivity index (χ1n) is 8.12. The quantitative estimate of drug-likeness (QED) is 0.333. The van der Waals surface area contributed by atoms with Crippen molar-refractivity contribution in [2.45, 2.75) is 71.1 Å². The van der Waals surface area contributed by atoms with Gasteiger partial charge in [-0.25, -0.2) is 4.39 Å². The minimum Gasteiger partial charge on any atom is -0.294 e. The zero-order valence-electron chi connectivity index (χ0n) is 13.0. The third-order valence-electron chi connectivity index (χ3n) is 3.69. The van der Waals surface area contributed by atoms with Gasteiger partial charge in [0.25, 0.3) is 0 Å². The molecule has 0 aliphatic heterocycles. The first kappa shape index (κ1) is 18.2. The molecule has 1 nitrogen and oxygen atoms in total. The van der Waals surface area contributed by atoms with Crippen LogP contribution in [-0.4, -0.2) is 5.78 Å². The molecule has 0 spiro atoms. The first-order chi connectivity index (χ1) is 10.1. The summed E-state index contributed by atoms with van der Waals surface area (Å²) in [5.41, 5.74) is 0.388. The summed E-state index contributed by atoms with van der Waals surface area (Å²) in [5.74, 6) is -0.461. The van der Waals surface area contributed by atoms with Gasteiger partial charge in [-0.1, -0.05) is 69.9 Å². The molecular weight excluding hydrogens is 287 g/mol. The molecule has 0 aromatic heterocycles. The Bertz CT molecular complexity index is 411. The highest BCUT2D eigenvalue weighted by Gasteiger charge is 2.08. The Hall–Kier alpha value is -0.890. The van der Waals surface area contributed by atoms with E-state index < -0.39 is 5.82 Å². The lowest BCUT2D eigenvalue weighted by molar-refractivity contribution is 0.0978. The van der Waals surface area contributed by atoms with Crippen molar-refractivity contribution in [1.82, 2.24) is 0 Å². The largest absolute Gasteiger partial charge is 0.294 e. The SMILES string of the molecule is CCCCCCCCCCCC(=O)c1cc(F)cc(Cl)c1. The minimum absolute atomic E-state index is 0.0145. The van der Waals surface area contributed by atoms with Crippen molar-refractivity contribution in [3.63, 3.8) is 0 Å². The van der Waals surface area contributed by atoms with Gasteiger partial charge in [0.05, 0.1) is 0 Å². The summed E-state index contributed by atoms with van der Waals surface area (Å²) in [5, 5.41) is 0.283. The van der Waals surface area contributed by atoms with E-state index in [9.17, 15) is 9.18 Å². The standard InChI is InChI=1S/C18H26ClFO/c1-2-3-4-5-6-7-8-9-10-11-18(21)15-12-16(19)14-17(20)13-15/h12-14H,2-11H2,1H3. The Morgan fingerprint density at radius 3 is 2.10 bits per heavy atom. The maximum Gasteiger partial charge on any atom is 0.163 e. The van der Waals surface area contributed by atoms with Gasteiger partial charge in [-0.2, -0.15) is 0 Å². The first-order valence-corrected chi connectivity index (χ1v) is 8.50. The molecule has 0 radical (unpaired) electrons. The highest BCUT2D eigenvalue weighted by Crippen LogP contribution is 2.17. The molecule has 0 heterocycles. The number of benzene rings is 1. The second-order valence-electron chi connectivity index (χ2n) is 5.66. The molecular formula is C18H26ClFO. The summed E-state index contributed by atoms with van der Waals surface area (Å²) in [6.07, 6.45) is 11.5. The smallest absolute Gasteiger partial charge is 0.163 e. The highest BCUT2D eigenvalue weighted by atomic mass is 35.5. The predicted molar refractivity (Wildman–Crippen MR) is 87.6 cm³/mol. The van der Waals surface area contributed by atoms with Crippen LogP contribution in [0.4, 0.5) is 4.39 Å². The van der Waals surface area contributed by atoms with E-state index >= 15 is 0 Å². The van der Waals surface area contributed by atoms with E-state index in [1.54, 1.807) is 6.07 Å². The summed E-state index contributed by atoms with van der Waals surface area (Å²) in [6, 6.07) is 4.03. The van der Waals surface area contributed by atoms with Crippen LogP contribution >= 0.6 is 11.6 Å². The second-order valence-corrected chi connectivity index (χ2v) is 6.10. The lowest BCUT2D eigenvalue weighted by Crippen LogP contribution is -1.99. The Kier molecular flexibility index (Phi) is 9.32. The predicted octanol–water partition coefficient (Wildman–Crippen LogP) is 6.58. The van der Waals surface area contributed by atoms with Crippen molar-refractivity contribution in [2.75, 3.05) is 0 Å². The van der Waals surface area contributed by atoms with E-state index in [0.717, 1.165) is 12.8 Å². The summed E-state index contributed by atoms with van der Waals surface area (Å²) < 4.78 is 13.2. The summed E-state index contributed by atoms with van der Waals surface area (Å²) in [4.78, 5) is 11.9. The number of hydrogen-bond donors (Lipinski definition) is 0. The van der Waals surface area contributed by atoms with Crippen molar-refractivity contribution in [2.24, 2.45) is 0 Å². The second kappa shape index (κ2) is 10.8. The van der Waals surface area contributed by atoms with Gasteiger partial charge >= 0.3 is 0 Å². The molecule has 1 aromatic carbocycles. The number of Topliss-reactive ketones (excluding diaryl/α,β-unsaturated/α-hetero) is 1. The zero-order valence-corrected chi connectivity index (χ0v) is 13.7. The van der Waals surface area contributed by atoms with Gasteiger partial charge in [0.1, 0.15) is 5.82 Å². The number of hydrogen-bond acceptors (Lipinski definition) is 1. The lowest BCUT2D eigenvalue weighted by Gasteiger charge is -2.03. The maximum absolute atomic E-state index is 13.2. The van der Waals surface area contributed by atoms with Gasteiger partial charge in [0, 0.05) is 17.0 Å². The topological polar surface area (TPSA) is 17.1 Å². The van der Waals surface area contributed by atoms with Gasteiger partial charge < -0.3 is 0 Å². The summed E-state index contributed by atoms with van der Waals surface area (Å²) in [6.45, 7) is 2.22. The highest BCUT2D eigenvalue weighted by molar-refractivity contribution is 6.31. The van der Waals surface area contributed by atoms with Gasteiger partial charge in [-0.05, 0) is 24.6 Å². The lowest BCUT2D eigenvalue weighted by atomic mass is 10.0. The molecule has 1 aromatic rings. The van der Waals surface area contributed by atoms with Crippen LogP contribution in [-0.2, 0) is 0 Å². The van der Waals surface area contributed by atoms with Gasteiger partial charge in [0.2, 0.25) is 0 Å². The number of carbonyl (C=O) groups is 1. The van der Waals surface area contributed by atoms with Crippen LogP contribution < -0.4 is 0 Å². The third kappa shape index (κ3) is 8.21. The number of ketones is 1. The van der Waals surface area contributed by atoms with Crippen LogP contribution in [0.25, 0.3) is 0 Å².